The number of ketones is 2. The lowest BCUT2D eigenvalue weighted by molar-refractivity contribution is -0.168. The van der Waals surface area contributed by atoms with Crippen molar-refractivity contribution >= 4 is 32.2 Å². The maximum atomic E-state index is 12.2. The summed E-state index contributed by atoms with van der Waals surface area (Å²) in [5.41, 5.74) is 0.513. The summed E-state index contributed by atoms with van der Waals surface area (Å²) in [5.74, 6) is -6.15. The lowest BCUT2D eigenvalue weighted by Gasteiger charge is -2.24. The van der Waals surface area contributed by atoms with Gasteiger partial charge in [-0.1, -0.05) is 26.7 Å². The molecule has 0 amide bonds. The van der Waals surface area contributed by atoms with Crippen molar-refractivity contribution in [1.82, 2.24) is 0 Å². The van der Waals surface area contributed by atoms with Gasteiger partial charge in [0.15, 0.2) is 0 Å². The molecule has 0 spiro atoms. The van der Waals surface area contributed by atoms with Crippen molar-refractivity contribution in [2.45, 2.75) is 45.7 Å². The van der Waals surface area contributed by atoms with Crippen LogP contribution in [0.5, 0.6) is 0 Å². The van der Waals surface area contributed by atoms with E-state index in [0.29, 0.717) is 0 Å². The van der Waals surface area contributed by atoms with Crippen LogP contribution in [0.25, 0.3) is 0 Å². The number of unbranched alkanes of at least 4 members (excludes halogenated alkanes) is 2. The Bertz CT molecular complexity index is 824. The number of halogens is 3. The Labute approximate surface area is 168 Å². The first-order valence-electron chi connectivity index (χ1n) is 9.20. The molecule has 10 heteroatoms. The van der Waals surface area contributed by atoms with Gasteiger partial charge in [0.05, 0.1) is 0 Å². The minimum atomic E-state index is -5.40. The molecule has 6 nitrogen and oxygen atoms in total. The summed E-state index contributed by atoms with van der Waals surface area (Å²) in [6.45, 7) is 5.68. The van der Waals surface area contributed by atoms with Gasteiger partial charge in [0.25, 0.3) is 5.78 Å². The van der Waals surface area contributed by atoms with E-state index in [0.717, 1.165) is 44.5 Å². The van der Waals surface area contributed by atoms with Gasteiger partial charge in [-0.15, -0.1) is 0 Å². The topological polar surface area (TPSA) is 88.6 Å². The van der Waals surface area contributed by atoms with Gasteiger partial charge in [0, 0.05) is 24.3 Å². The van der Waals surface area contributed by atoms with Crippen LogP contribution in [-0.4, -0.2) is 50.1 Å². The number of hydrogen-bond acceptors (Lipinski definition) is 6. The summed E-state index contributed by atoms with van der Waals surface area (Å²) < 4.78 is 60.2. The SMILES string of the molecule is CCCCN(CCCC)c1ccc(C(=O)C(=O)S(=O)(=O)CC(=O)C(F)(F)F)cc1. The molecule has 0 aromatic heterocycles. The van der Waals surface area contributed by atoms with Gasteiger partial charge in [-0.3, -0.25) is 14.4 Å². The fourth-order valence-electron chi connectivity index (χ4n) is 2.47. The van der Waals surface area contributed by atoms with E-state index < -0.39 is 38.4 Å². The lowest BCUT2D eigenvalue weighted by Crippen LogP contribution is -2.35. The zero-order chi connectivity index (χ0) is 22.2. The molecule has 29 heavy (non-hydrogen) atoms. The molecule has 162 valence electrons. The molecule has 0 aliphatic carbocycles. The highest BCUT2D eigenvalue weighted by Crippen LogP contribution is 2.20. The van der Waals surface area contributed by atoms with Crippen molar-refractivity contribution in [3.63, 3.8) is 0 Å². The maximum absolute atomic E-state index is 12.2. The number of anilines is 1. The van der Waals surface area contributed by atoms with E-state index in [4.69, 9.17) is 0 Å². The number of nitrogens with zero attached hydrogens (tertiary/aromatic N) is 1. The van der Waals surface area contributed by atoms with Crippen LogP contribution in [-0.2, 0) is 19.4 Å². The summed E-state index contributed by atoms with van der Waals surface area (Å²) in [5, 5.41) is -2.03. The Morgan fingerprint density at radius 3 is 1.83 bits per heavy atom. The zero-order valence-electron chi connectivity index (χ0n) is 16.3. The largest absolute Gasteiger partial charge is 0.451 e. The molecule has 0 unspecified atom stereocenters. The predicted molar refractivity (Wildman–Crippen MR) is 103 cm³/mol. The Kier molecular flexibility index (Phi) is 9.00. The van der Waals surface area contributed by atoms with E-state index in [1.807, 2.05) is 0 Å². The minimum absolute atomic E-state index is 0.271. The molecule has 0 aliphatic rings. The second-order valence-electron chi connectivity index (χ2n) is 6.54. The number of hydrogen-bond donors (Lipinski definition) is 0. The van der Waals surface area contributed by atoms with Crippen LogP contribution in [0, 0.1) is 0 Å². The summed E-state index contributed by atoms with van der Waals surface area (Å²) in [7, 11) is -5.21. The van der Waals surface area contributed by atoms with E-state index >= 15 is 0 Å². The molecular formula is C19H24F3NO5S. The number of carbonyl (C=O) groups excluding carboxylic acids is 3. The summed E-state index contributed by atoms with van der Waals surface area (Å²) >= 11 is 0. The zero-order valence-corrected chi connectivity index (χ0v) is 17.1. The van der Waals surface area contributed by atoms with Crippen molar-refractivity contribution in [1.29, 1.82) is 0 Å². The standard InChI is InChI=1S/C19H24F3NO5S/c1-3-5-11-23(12-6-4-2)15-9-7-14(8-10-15)17(25)18(26)29(27,28)13-16(24)19(20,21)22/h7-10H,3-6,11-13H2,1-2H3. The number of benzene rings is 1. The average molecular weight is 435 g/mol. The van der Waals surface area contributed by atoms with E-state index in [9.17, 15) is 36.0 Å². The van der Waals surface area contributed by atoms with Gasteiger partial charge in [-0.05, 0) is 37.1 Å². The quantitative estimate of drug-likeness (QED) is 0.391. The van der Waals surface area contributed by atoms with Gasteiger partial charge < -0.3 is 4.90 Å². The first-order valence-corrected chi connectivity index (χ1v) is 10.9. The van der Waals surface area contributed by atoms with Crippen molar-refractivity contribution in [2.24, 2.45) is 0 Å². The Hall–Kier alpha value is -2.23. The number of alkyl halides is 3. The van der Waals surface area contributed by atoms with E-state index in [-0.39, 0.29) is 5.56 Å². The predicted octanol–water partition coefficient (Wildman–Crippen LogP) is 3.35. The van der Waals surface area contributed by atoms with Gasteiger partial charge in [0.1, 0.15) is 5.75 Å². The lowest BCUT2D eigenvalue weighted by atomic mass is 10.1. The molecule has 1 aromatic carbocycles. The van der Waals surface area contributed by atoms with Gasteiger partial charge >= 0.3 is 11.3 Å². The molecule has 1 aromatic rings. The number of Topliss-reactive ketones (excluding diaryl/α,β-unsaturated/α-hetero) is 2. The highest BCUT2D eigenvalue weighted by atomic mass is 32.2. The Morgan fingerprint density at radius 1 is 0.931 bits per heavy atom. The monoisotopic (exact) mass is 435 g/mol. The van der Waals surface area contributed by atoms with Crippen LogP contribution >= 0.6 is 0 Å². The van der Waals surface area contributed by atoms with Gasteiger partial charge in [-0.25, -0.2) is 8.42 Å². The first-order chi connectivity index (χ1) is 13.4. The van der Waals surface area contributed by atoms with Crippen LogP contribution in [0.4, 0.5) is 18.9 Å². The summed E-state index contributed by atoms with van der Waals surface area (Å²) in [6.07, 6.45) is -1.52. The molecule has 0 saturated heterocycles. The van der Waals surface area contributed by atoms with E-state index in [2.05, 4.69) is 18.7 Å². The highest BCUT2D eigenvalue weighted by Gasteiger charge is 2.44. The molecule has 1 rings (SSSR count). The van der Waals surface area contributed by atoms with E-state index in [1.165, 1.54) is 12.1 Å². The van der Waals surface area contributed by atoms with Crippen LogP contribution < -0.4 is 4.90 Å². The summed E-state index contributed by atoms with van der Waals surface area (Å²) in [4.78, 5) is 36.9. The molecular weight excluding hydrogens is 411 g/mol. The molecule has 0 aliphatic heterocycles. The third-order valence-corrected chi connectivity index (χ3v) is 5.56. The van der Waals surface area contributed by atoms with Crippen LogP contribution in [0.3, 0.4) is 0 Å². The second kappa shape index (κ2) is 10.5. The average Bonchev–Trinajstić information content (AvgIpc) is 2.66. The van der Waals surface area contributed by atoms with Crippen LogP contribution in [0.15, 0.2) is 24.3 Å². The molecule has 0 heterocycles. The van der Waals surface area contributed by atoms with Crippen molar-refractivity contribution < 1.29 is 36.0 Å². The van der Waals surface area contributed by atoms with Crippen LogP contribution in [0.1, 0.15) is 49.9 Å². The third-order valence-electron chi connectivity index (χ3n) is 4.16. The minimum Gasteiger partial charge on any atom is -0.372 e. The number of rotatable bonds is 11. The molecule has 0 fully saturated rings. The van der Waals surface area contributed by atoms with Gasteiger partial charge in [-0.2, -0.15) is 13.2 Å². The molecule has 0 radical (unpaired) electrons. The Morgan fingerprint density at radius 2 is 1.41 bits per heavy atom. The van der Waals surface area contributed by atoms with Crippen LogP contribution in [0.2, 0.25) is 0 Å². The molecule has 0 N–H and O–H groups in total. The fraction of sp³-hybridized carbons (Fsp3) is 0.526. The number of carbonyl (C=O) groups is 3. The molecule has 0 bridgehead atoms. The fourth-order valence-corrected chi connectivity index (χ4v) is 3.51. The summed E-state index contributed by atoms with van der Waals surface area (Å²) in [6, 6.07) is 5.61. The van der Waals surface area contributed by atoms with Crippen molar-refractivity contribution in [3.8, 4) is 0 Å². The smallest absolute Gasteiger partial charge is 0.372 e. The highest BCUT2D eigenvalue weighted by molar-refractivity contribution is 8.08. The number of sulfone groups is 1. The van der Waals surface area contributed by atoms with E-state index in [1.54, 1.807) is 12.1 Å². The van der Waals surface area contributed by atoms with Gasteiger partial charge in [0.2, 0.25) is 15.6 Å². The maximum Gasteiger partial charge on any atom is 0.451 e. The normalized spacial score (nSPS) is 11.9. The van der Waals surface area contributed by atoms with Crippen molar-refractivity contribution in [2.75, 3.05) is 23.7 Å². The third kappa shape index (κ3) is 7.26. The molecule has 0 atom stereocenters. The first kappa shape index (κ1) is 24.8. The second-order valence-corrected chi connectivity index (χ2v) is 8.43. The Balaban J connectivity index is 2.97. The molecule has 0 saturated carbocycles. The van der Waals surface area contributed by atoms with Crippen molar-refractivity contribution in [3.05, 3.63) is 29.8 Å².